The summed E-state index contributed by atoms with van der Waals surface area (Å²) in [7, 11) is 0. The Kier molecular flexibility index (Phi) is 8.56. The molecule has 26 heavy (non-hydrogen) atoms. The molecule has 0 saturated heterocycles. The second kappa shape index (κ2) is 8.37. The van der Waals surface area contributed by atoms with Crippen molar-refractivity contribution >= 4 is 5.97 Å². The SMILES string of the molecule is C=CC(=O)O.OCC(O)CC(F)(F)C(F)(F)C(F)(F)C(F)(F)C(F)(F)F. The molecule has 15 heteroatoms. The topological polar surface area (TPSA) is 77.8 Å². The molecule has 156 valence electrons. The molecule has 4 nitrogen and oxygen atoms in total. The van der Waals surface area contributed by atoms with Crippen LogP contribution in [0.25, 0.3) is 0 Å². The Labute approximate surface area is 137 Å². The van der Waals surface area contributed by atoms with E-state index in [1.54, 1.807) is 0 Å². The molecule has 3 N–H and O–H groups in total. The zero-order valence-corrected chi connectivity index (χ0v) is 12.2. The van der Waals surface area contributed by atoms with E-state index in [-0.39, 0.29) is 0 Å². The first kappa shape index (κ1) is 26.6. The predicted molar refractivity (Wildman–Crippen MR) is 61.4 cm³/mol. The molecule has 0 spiro atoms. The fourth-order valence-corrected chi connectivity index (χ4v) is 1.09. The summed E-state index contributed by atoms with van der Waals surface area (Å²) >= 11 is 0. The highest BCUT2D eigenvalue weighted by molar-refractivity contribution is 5.78. The molecule has 0 aromatic heterocycles. The van der Waals surface area contributed by atoms with Crippen LogP contribution in [-0.4, -0.2) is 63.9 Å². The van der Waals surface area contributed by atoms with Crippen LogP contribution in [0, 0.1) is 0 Å². The van der Waals surface area contributed by atoms with Gasteiger partial charge in [0.1, 0.15) is 0 Å². The van der Waals surface area contributed by atoms with Gasteiger partial charge in [-0.15, -0.1) is 0 Å². The van der Waals surface area contributed by atoms with E-state index in [2.05, 4.69) is 6.58 Å². The Hall–Kier alpha value is -1.64. The van der Waals surface area contributed by atoms with E-state index in [0.717, 1.165) is 6.08 Å². The fourth-order valence-electron chi connectivity index (χ4n) is 1.09. The average Bonchev–Trinajstić information content (AvgIpc) is 2.45. The number of aliphatic hydroxyl groups is 2. The molecule has 0 bridgehead atoms. The van der Waals surface area contributed by atoms with E-state index in [1.807, 2.05) is 0 Å². The van der Waals surface area contributed by atoms with E-state index >= 15 is 0 Å². The Morgan fingerprint density at radius 3 is 1.46 bits per heavy atom. The molecule has 0 amide bonds. The van der Waals surface area contributed by atoms with E-state index < -0.39 is 55.0 Å². The van der Waals surface area contributed by atoms with Crippen LogP contribution in [0.15, 0.2) is 12.7 Å². The predicted octanol–water partition coefficient (Wildman–Crippen LogP) is 3.09. The number of rotatable bonds is 7. The zero-order chi connectivity index (χ0) is 21.8. The quantitative estimate of drug-likeness (QED) is 0.441. The number of aliphatic carboxylic acids is 1. The van der Waals surface area contributed by atoms with Gasteiger partial charge < -0.3 is 15.3 Å². The second-order valence-corrected chi connectivity index (χ2v) is 4.51. The van der Waals surface area contributed by atoms with E-state index in [1.165, 1.54) is 0 Å². The molecule has 0 heterocycles. The molecule has 1 unspecified atom stereocenters. The lowest BCUT2D eigenvalue weighted by Crippen LogP contribution is -2.66. The van der Waals surface area contributed by atoms with E-state index in [0.29, 0.717) is 0 Å². The van der Waals surface area contributed by atoms with Crippen molar-refractivity contribution in [2.45, 2.75) is 42.4 Å². The smallest absolute Gasteiger partial charge is 0.460 e. The van der Waals surface area contributed by atoms with Crippen molar-refractivity contribution in [2.75, 3.05) is 6.61 Å². The van der Waals surface area contributed by atoms with Crippen LogP contribution in [0.5, 0.6) is 0 Å². The summed E-state index contributed by atoms with van der Waals surface area (Å²) in [6.07, 6.45) is -11.8. The van der Waals surface area contributed by atoms with Gasteiger partial charge in [-0.1, -0.05) is 6.58 Å². The standard InChI is InChI=1S/C8H7F11O2.C3H4O2/c9-4(10,1-3(21)2-20)5(11,12)6(13,14)7(15,16)8(17,18)19;1-2-3(4)5/h3,20-21H,1-2H2;2H,1H2,(H,4,5). The molecule has 0 aliphatic rings. The Morgan fingerprint density at radius 1 is 0.885 bits per heavy atom. The van der Waals surface area contributed by atoms with Crippen molar-refractivity contribution in [1.82, 2.24) is 0 Å². The molecule has 0 rings (SSSR count). The largest absolute Gasteiger partial charge is 0.478 e. The maximum Gasteiger partial charge on any atom is 0.460 e. The summed E-state index contributed by atoms with van der Waals surface area (Å²) in [5.74, 6) is -29.2. The van der Waals surface area contributed by atoms with Gasteiger partial charge in [-0.3, -0.25) is 0 Å². The number of carboxylic acids is 1. The number of alkyl halides is 11. The molecule has 0 radical (unpaired) electrons. The van der Waals surface area contributed by atoms with Gasteiger partial charge in [-0.2, -0.15) is 48.3 Å². The van der Waals surface area contributed by atoms with Crippen LogP contribution >= 0.6 is 0 Å². The number of hydrogen-bond acceptors (Lipinski definition) is 3. The van der Waals surface area contributed by atoms with Crippen molar-refractivity contribution < 1.29 is 68.4 Å². The van der Waals surface area contributed by atoms with Gasteiger partial charge in [0, 0.05) is 12.5 Å². The van der Waals surface area contributed by atoms with Gasteiger partial charge >= 0.3 is 35.8 Å². The van der Waals surface area contributed by atoms with Crippen LogP contribution in [0.4, 0.5) is 48.3 Å². The van der Waals surface area contributed by atoms with E-state index in [9.17, 15) is 53.1 Å². The fraction of sp³-hybridized carbons (Fsp3) is 0.727. The third-order valence-corrected chi connectivity index (χ3v) is 2.48. The maximum atomic E-state index is 12.9. The van der Waals surface area contributed by atoms with Crippen LogP contribution in [0.2, 0.25) is 0 Å². The van der Waals surface area contributed by atoms with Crippen LogP contribution in [-0.2, 0) is 4.79 Å². The number of carbonyl (C=O) groups is 1. The van der Waals surface area contributed by atoms with Crippen LogP contribution < -0.4 is 0 Å². The van der Waals surface area contributed by atoms with Crippen molar-refractivity contribution in [3.05, 3.63) is 12.7 Å². The molecule has 0 saturated carbocycles. The Bertz CT molecular complexity index is 487. The minimum atomic E-state index is -7.49. The normalized spacial score (nSPS) is 15.0. The first-order valence-electron chi connectivity index (χ1n) is 5.95. The molecular weight excluding hydrogens is 405 g/mol. The molecule has 0 aromatic rings. The summed E-state index contributed by atoms with van der Waals surface area (Å²) in [6, 6.07) is 0. The van der Waals surface area contributed by atoms with Gasteiger partial charge in [0.25, 0.3) is 0 Å². The highest BCUT2D eigenvalue weighted by Crippen LogP contribution is 2.58. The first-order valence-corrected chi connectivity index (χ1v) is 5.95. The Morgan fingerprint density at radius 2 is 1.23 bits per heavy atom. The van der Waals surface area contributed by atoms with Gasteiger partial charge in [0.15, 0.2) is 0 Å². The number of aliphatic hydroxyl groups excluding tert-OH is 2. The van der Waals surface area contributed by atoms with Crippen LogP contribution in [0.1, 0.15) is 6.42 Å². The van der Waals surface area contributed by atoms with Gasteiger partial charge in [0.05, 0.1) is 12.7 Å². The molecule has 1 atom stereocenters. The maximum absolute atomic E-state index is 12.9. The third-order valence-electron chi connectivity index (χ3n) is 2.48. The third kappa shape index (κ3) is 5.43. The molecule has 0 aliphatic carbocycles. The minimum absolute atomic E-state index is 0.833. The van der Waals surface area contributed by atoms with Gasteiger partial charge in [0.2, 0.25) is 0 Å². The van der Waals surface area contributed by atoms with Crippen LogP contribution in [0.3, 0.4) is 0 Å². The highest BCUT2D eigenvalue weighted by Gasteiger charge is 2.86. The highest BCUT2D eigenvalue weighted by atomic mass is 19.4. The minimum Gasteiger partial charge on any atom is -0.478 e. The van der Waals surface area contributed by atoms with Crippen molar-refractivity contribution in [3.8, 4) is 0 Å². The second-order valence-electron chi connectivity index (χ2n) is 4.51. The van der Waals surface area contributed by atoms with Gasteiger partial charge in [-0.05, 0) is 0 Å². The van der Waals surface area contributed by atoms with Crippen molar-refractivity contribution in [3.63, 3.8) is 0 Å². The summed E-state index contributed by atoms with van der Waals surface area (Å²) in [6.45, 7) is 1.33. The molecule has 0 fully saturated rings. The lowest BCUT2D eigenvalue weighted by atomic mass is 9.94. The lowest BCUT2D eigenvalue weighted by Gasteiger charge is -2.37. The Balaban J connectivity index is 0. The molecule has 0 aliphatic heterocycles. The van der Waals surface area contributed by atoms with Crippen molar-refractivity contribution in [1.29, 1.82) is 0 Å². The number of halogens is 11. The first-order chi connectivity index (χ1) is 11.2. The monoisotopic (exact) mass is 416 g/mol. The summed E-state index contributed by atoms with van der Waals surface area (Å²) in [5, 5.41) is 24.2. The number of carboxylic acid groups (broad SMARTS) is 1. The summed E-state index contributed by atoms with van der Waals surface area (Å²) in [4.78, 5) is 9.25. The molecular formula is C11H11F11O4. The zero-order valence-electron chi connectivity index (χ0n) is 12.2. The van der Waals surface area contributed by atoms with Gasteiger partial charge in [-0.25, -0.2) is 4.79 Å². The summed E-state index contributed by atoms with van der Waals surface area (Å²) < 4.78 is 136. The van der Waals surface area contributed by atoms with E-state index in [4.69, 9.17) is 15.3 Å². The average molecular weight is 416 g/mol. The lowest BCUT2D eigenvalue weighted by molar-refractivity contribution is -0.423. The summed E-state index contributed by atoms with van der Waals surface area (Å²) in [5.41, 5.74) is 0. The van der Waals surface area contributed by atoms with Crippen molar-refractivity contribution in [2.24, 2.45) is 0 Å². The molecule has 0 aromatic carbocycles. The number of hydrogen-bond donors (Lipinski definition) is 3.